The van der Waals surface area contributed by atoms with Crippen LogP contribution in [0.15, 0.2) is 40.2 Å². The summed E-state index contributed by atoms with van der Waals surface area (Å²) in [5.41, 5.74) is -1.54. The number of carbonyl (C=O) groups excluding carboxylic acids is 1. The number of aromatic nitrogens is 5. The quantitative estimate of drug-likeness (QED) is 0.250. The van der Waals surface area contributed by atoms with Crippen LogP contribution in [0.2, 0.25) is 0 Å². The van der Waals surface area contributed by atoms with Crippen LogP contribution in [-0.4, -0.2) is 60.7 Å². The molecule has 3 aromatic heterocycles. The smallest absolute Gasteiger partial charge is 0.333 e. The number of nitrogens with zero attached hydrogens (tertiary/aromatic N) is 5. The van der Waals surface area contributed by atoms with Crippen molar-refractivity contribution in [1.29, 1.82) is 0 Å². The number of aryl methyl sites for hydroxylation is 3. The average molecular weight is 607 g/mol. The fourth-order valence-corrected chi connectivity index (χ4v) is 5.49. The minimum Gasteiger partial charge on any atom is -0.496 e. The molecule has 1 aromatic carbocycles. The summed E-state index contributed by atoms with van der Waals surface area (Å²) in [6.45, 7) is 8.74. The second-order valence-corrected chi connectivity index (χ2v) is 11.4. The second kappa shape index (κ2) is 13.4. The lowest BCUT2D eigenvalue weighted by Gasteiger charge is -2.27. The summed E-state index contributed by atoms with van der Waals surface area (Å²) in [4.78, 5) is 42.6. The fourth-order valence-electron chi connectivity index (χ4n) is 4.25. The van der Waals surface area contributed by atoms with Crippen LogP contribution in [0, 0.1) is 12.7 Å². The lowest BCUT2D eigenvalue weighted by Crippen LogP contribution is -2.56. The van der Waals surface area contributed by atoms with E-state index in [1.165, 1.54) is 72.3 Å². The molecule has 0 radical (unpaired) electrons. The maximum Gasteiger partial charge on any atom is 0.333 e. The van der Waals surface area contributed by atoms with E-state index in [4.69, 9.17) is 9.84 Å². The van der Waals surface area contributed by atoms with E-state index in [1.807, 2.05) is 0 Å². The van der Waals surface area contributed by atoms with Gasteiger partial charge in [-0.1, -0.05) is 11.3 Å². The highest BCUT2D eigenvalue weighted by Crippen LogP contribution is 2.31. The van der Waals surface area contributed by atoms with Gasteiger partial charge in [0, 0.05) is 23.9 Å². The number of methoxy groups -OCH3 is 1. The van der Waals surface area contributed by atoms with Crippen molar-refractivity contribution in [2.75, 3.05) is 19.5 Å². The zero-order chi connectivity index (χ0) is 30.5. The van der Waals surface area contributed by atoms with Crippen LogP contribution in [0.3, 0.4) is 0 Å². The third kappa shape index (κ3) is 6.71. The minimum absolute atomic E-state index is 0.114. The lowest BCUT2D eigenvalue weighted by atomic mass is 10.0. The van der Waals surface area contributed by atoms with Gasteiger partial charge in [0.05, 0.1) is 31.5 Å². The van der Waals surface area contributed by atoms with E-state index >= 15 is 0 Å². The first-order valence-corrected chi connectivity index (χ1v) is 14.3. The van der Waals surface area contributed by atoms with Crippen molar-refractivity contribution in [2.24, 2.45) is 0 Å². The average Bonchev–Trinajstić information content (AvgIpc) is 3.56. The maximum atomic E-state index is 14.0. The molecule has 0 aliphatic carbocycles. The first kappa shape index (κ1) is 32.0. The number of thiol groups is 1. The molecule has 0 atom stereocenters. The SMILES string of the molecule is COc1ccc(F)cc1CCn1c(=O)n(C(C)(C)C(=O)NC(C)C)c(=O)c2c(C)c(-n3nccn3)sc21.OCCS. The van der Waals surface area contributed by atoms with Crippen LogP contribution < -0.4 is 21.3 Å². The van der Waals surface area contributed by atoms with Gasteiger partial charge >= 0.3 is 5.69 Å². The number of rotatable bonds is 9. The molecule has 0 saturated heterocycles. The van der Waals surface area contributed by atoms with Gasteiger partial charge in [0.25, 0.3) is 5.56 Å². The Hall–Kier alpha value is -3.49. The van der Waals surface area contributed by atoms with E-state index in [-0.39, 0.29) is 25.6 Å². The number of aliphatic hydroxyl groups excluding tert-OH is 1. The van der Waals surface area contributed by atoms with Gasteiger partial charge in [-0.25, -0.2) is 13.8 Å². The van der Waals surface area contributed by atoms with Crippen LogP contribution in [-0.2, 0) is 23.3 Å². The monoisotopic (exact) mass is 606 g/mol. The molecule has 41 heavy (non-hydrogen) atoms. The zero-order valence-corrected chi connectivity index (χ0v) is 25.6. The first-order chi connectivity index (χ1) is 19.4. The number of carbonyl (C=O) groups is 1. The standard InChI is InChI=1S/C25H29FN6O4S.C2H6OS/c1-14(2)29-23(34)25(4,5)31-20(33)19-15(3)21(32-27-10-11-28-32)37-22(19)30(24(31)35)12-9-16-13-17(26)7-8-18(16)36-6;3-1-2-4/h7-8,10-11,13-14H,9,12H2,1-6H3,(H,29,34);3-4H,1-2H2. The van der Waals surface area contributed by atoms with Gasteiger partial charge in [-0.3, -0.25) is 14.2 Å². The summed E-state index contributed by atoms with van der Waals surface area (Å²) in [5, 5.41) is 19.8. The highest BCUT2D eigenvalue weighted by atomic mass is 32.1. The molecule has 4 rings (SSSR count). The van der Waals surface area contributed by atoms with E-state index in [2.05, 4.69) is 28.1 Å². The molecule has 0 aliphatic heterocycles. The molecule has 2 N–H and O–H groups in total. The predicted molar refractivity (Wildman–Crippen MR) is 160 cm³/mol. The van der Waals surface area contributed by atoms with E-state index in [0.717, 1.165) is 4.57 Å². The number of halogens is 1. The summed E-state index contributed by atoms with van der Waals surface area (Å²) in [7, 11) is 1.49. The molecule has 0 fully saturated rings. The molecular formula is C27H35FN6O5S2. The van der Waals surface area contributed by atoms with Crippen LogP contribution in [0.1, 0.15) is 38.8 Å². The zero-order valence-electron chi connectivity index (χ0n) is 23.8. The maximum absolute atomic E-state index is 14.0. The molecule has 3 heterocycles. The molecule has 14 heteroatoms. The Morgan fingerprint density at radius 2 is 1.88 bits per heavy atom. The number of hydrogen-bond acceptors (Lipinski definition) is 9. The van der Waals surface area contributed by atoms with Gasteiger partial charge in [-0.15, -0.1) is 4.80 Å². The number of aliphatic hydroxyl groups is 1. The number of hydrogen-bond donors (Lipinski definition) is 3. The summed E-state index contributed by atoms with van der Waals surface area (Å²) in [5.74, 6) is 0.171. The molecule has 4 aromatic rings. The molecule has 11 nitrogen and oxygen atoms in total. The lowest BCUT2D eigenvalue weighted by molar-refractivity contribution is -0.129. The Kier molecular flexibility index (Phi) is 10.5. The number of ether oxygens (including phenoxy) is 1. The summed E-state index contributed by atoms with van der Waals surface area (Å²) in [6.07, 6.45) is 3.29. The molecule has 0 saturated carbocycles. The summed E-state index contributed by atoms with van der Waals surface area (Å²) in [6, 6.07) is 4.00. The van der Waals surface area contributed by atoms with Gasteiger partial charge < -0.3 is 15.2 Å². The van der Waals surface area contributed by atoms with Crippen molar-refractivity contribution in [3.8, 4) is 10.8 Å². The van der Waals surface area contributed by atoms with E-state index in [1.54, 1.807) is 20.8 Å². The van der Waals surface area contributed by atoms with E-state index < -0.39 is 28.5 Å². The first-order valence-electron chi connectivity index (χ1n) is 12.9. The van der Waals surface area contributed by atoms with Gasteiger partial charge in [-0.05, 0) is 64.8 Å². The number of benzene rings is 1. The Morgan fingerprint density at radius 1 is 1.24 bits per heavy atom. The highest BCUT2D eigenvalue weighted by Gasteiger charge is 2.35. The van der Waals surface area contributed by atoms with Gasteiger partial charge in [-0.2, -0.15) is 22.8 Å². The van der Waals surface area contributed by atoms with Crippen molar-refractivity contribution in [1.82, 2.24) is 29.4 Å². The van der Waals surface area contributed by atoms with E-state index in [0.29, 0.717) is 37.8 Å². The minimum atomic E-state index is -1.48. The Labute approximate surface area is 246 Å². The summed E-state index contributed by atoms with van der Waals surface area (Å²) >= 11 is 4.88. The second-order valence-electron chi connectivity index (χ2n) is 9.95. The number of fused-ring (bicyclic) bond motifs is 1. The van der Waals surface area contributed by atoms with Gasteiger partial charge in [0.15, 0.2) is 0 Å². The van der Waals surface area contributed by atoms with Crippen LogP contribution in [0.5, 0.6) is 5.75 Å². The Morgan fingerprint density at radius 3 is 2.44 bits per heavy atom. The van der Waals surface area contributed by atoms with Crippen molar-refractivity contribution in [3.63, 3.8) is 0 Å². The normalized spacial score (nSPS) is 11.5. The van der Waals surface area contributed by atoms with Crippen molar-refractivity contribution < 1.29 is 19.0 Å². The number of nitrogens with one attached hydrogen (secondary N) is 1. The highest BCUT2D eigenvalue weighted by molar-refractivity contribution is 7.80. The molecular weight excluding hydrogens is 571 g/mol. The molecule has 0 spiro atoms. The topological polar surface area (TPSA) is 133 Å². The van der Waals surface area contributed by atoms with Crippen LogP contribution in [0.25, 0.3) is 15.2 Å². The fraction of sp³-hybridized carbons (Fsp3) is 0.444. The largest absolute Gasteiger partial charge is 0.496 e. The van der Waals surface area contributed by atoms with Crippen molar-refractivity contribution in [3.05, 3.63) is 68.4 Å². The molecule has 0 unspecified atom stereocenters. The van der Waals surface area contributed by atoms with E-state index in [9.17, 15) is 18.8 Å². The molecule has 1 amide bonds. The number of thiophene rings is 1. The predicted octanol–water partition coefficient (Wildman–Crippen LogP) is 2.67. The third-order valence-corrected chi connectivity index (χ3v) is 7.75. The van der Waals surface area contributed by atoms with Crippen LogP contribution >= 0.6 is 24.0 Å². The Bertz CT molecular complexity index is 1620. The molecule has 0 aliphatic rings. The molecule has 222 valence electrons. The van der Waals surface area contributed by atoms with Gasteiger partial charge in [0.2, 0.25) is 5.91 Å². The summed E-state index contributed by atoms with van der Waals surface area (Å²) < 4.78 is 21.8. The van der Waals surface area contributed by atoms with Gasteiger partial charge in [0.1, 0.15) is 26.9 Å². The van der Waals surface area contributed by atoms with Crippen molar-refractivity contribution >= 4 is 40.1 Å². The number of amides is 1. The van der Waals surface area contributed by atoms with Crippen molar-refractivity contribution in [2.45, 2.75) is 59.2 Å². The Balaban J connectivity index is 0.00000108. The van der Waals surface area contributed by atoms with Crippen LogP contribution in [0.4, 0.5) is 4.39 Å². The third-order valence-electron chi connectivity index (χ3n) is 6.27. The molecule has 0 bridgehead atoms.